The van der Waals surface area contributed by atoms with E-state index in [4.69, 9.17) is 4.74 Å². The molecule has 30 heavy (non-hydrogen) atoms. The van der Waals surface area contributed by atoms with E-state index in [0.717, 1.165) is 44.6 Å². The molecule has 6 unspecified atom stereocenters. The van der Waals surface area contributed by atoms with E-state index in [0.29, 0.717) is 32.1 Å². The Morgan fingerprint density at radius 1 is 0.900 bits per heavy atom. The Morgan fingerprint density at radius 2 is 1.70 bits per heavy atom. The van der Waals surface area contributed by atoms with Crippen molar-refractivity contribution in [2.24, 2.45) is 17.8 Å². The van der Waals surface area contributed by atoms with Crippen LogP contribution in [-0.4, -0.2) is 77.6 Å². The molecule has 0 aromatic rings. The molecule has 0 bridgehead atoms. The van der Waals surface area contributed by atoms with Gasteiger partial charge in [-0.15, -0.1) is 0 Å². The van der Waals surface area contributed by atoms with E-state index in [2.05, 4.69) is 4.90 Å². The quantitative estimate of drug-likeness (QED) is 0.465. The van der Waals surface area contributed by atoms with Crippen molar-refractivity contribution >= 4 is 0 Å². The van der Waals surface area contributed by atoms with Crippen molar-refractivity contribution in [2.45, 2.75) is 101 Å². The third-order valence-corrected chi connectivity index (χ3v) is 7.99. The van der Waals surface area contributed by atoms with Crippen molar-refractivity contribution in [1.82, 2.24) is 4.90 Å². The minimum atomic E-state index is -0.867. The Bertz CT molecular complexity index is 476. The molecule has 0 aromatic carbocycles. The Balaban J connectivity index is 1.23. The van der Waals surface area contributed by atoms with Crippen molar-refractivity contribution in [1.29, 1.82) is 0 Å². The number of piperidine rings is 1. The number of nitrogens with zero attached hydrogens (tertiary/aromatic N) is 1. The van der Waals surface area contributed by atoms with Crippen LogP contribution in [-0.2, 0) is 4.74 Å². The molecule has 1 heterocycles. The second-order valence-corrected chi connectivity index (χ2v) is 10.0. The number of aliphatic hydroxyl groups excluding tert-OH is 3. The van der Waals surface area contributed by atoms with Gasteiger partial charge in [-0.05, 0) is 63.3 Å². The highest BCUT2D eigenvalue weighted by molar-refractivity contribution is 4.89. The molecule has 176 valence electrons. The summed E-state index contributed by atoms with van der Waals surface area (Å²) >= 11 is 0. The van der Waals surface area contributed by atoms with Crippen molar-refractivity contribution in [3.63, 3.8) is 0 Å². The second-order valence-electron chi connectivity index (χ2n) is 10.0. The fourth-order valence-corrected chi connectivity index (χ4v) is 5.97. The molecule has 3 aliphatic rings. The van der Waals surface area contributed by atoms with Gasteiger partial charge in [-0.3, -0.25) is 4.90 Å². The maximum absolute atomic E-state index is 14.7. The molecule has 6 heteroatoms. The van der Waals surface area contributed by atoms with E-state index in [9.17, 15) is 19.7 Å². The van der Waals surface area contributed by atoms with Crippen LogP contribution in [0.5, 0.6) is 0 Å². The highest BCUT2D eigenvalue weighted by Crippen LogP contribution is 2.41. The van der Waals surface area contributed by atoms with Gasteiger partial charge < -0.3 is 20.1 Å². The van der Waals surface area contributed by atoms with Crippen LogP contribution >= 0.6 is 0 Å². The summed E-state index contributed by atoms with van der Waals surface area (Å²) in [4.78, 5) is 2.08. The van der Waals surface area contributed by atoms with Gasteiger partial charge in [0.2, 0.25) is 0 Å². The molecular formula is C24H44FNO4. The summed E-state index contributed by atoms with van der Waals surface area (Å²) in [6, 6.07) is -0.366. The third-order valence-electron chi connectivity index (χ3n) is 7.99. The number of rotatable bonds is 10. The lowest BCUT2D eigenvalue weighted by molar-refractivity contribution is -0.0897. The smallest absolute Gasteiger partial charge is 0.105 e. The van der Waals surface area contributed by atoms with Gasteiger partial charge in [0.05, 0.1) is 31.5 Å². The lowest BCUT2D eigenvalue weighted by atomic mass is 9.70. The van der Waals surface area contributed by atoms with Crippen LogP contribution in [0.15, 0.2) is 0 Å². The fraction of sp³-hybridized carbons (Fsp3) is 1.00. The number of alkyl halides is 1. The topological polar surface area (TPSA) is 73.2 Å². The van der Waals surface area contributed by atoms with Crippen LogP contribution in [0.1, 0.15) is 77.0 Å². The van der Waals surface area contributed by atoms with Gasteiger partial charge in [0.25, 0.3) is 0 Å². The summed E-state index contributed by atoms with van der Waals surface area (Å²) in [6.07, 6.45) is 10.8. The monoisotopic (exact) mass is 429 g/mol. The Morgan fingerprint density at radius 3 is 2.43 bits per heavy atom. The summed E-state index contributed by atoms with van der Waals surface area (Å²) in [6.45, 7) is 2.63. The van der Waals surface area contributed by atoms with E-state index >= 15 is 0 Å². The standard InChI is InChI=1S/C24H44FNO4/c25-21-15-19(18-7-3-1-4-8-18)9-10-20(21)17-30-14-6-2-5-12-26-13-11-23(28)24(29)22(26)16-27/h18-24,27-29H,1-17H2. The highest BCUT2D eigenvalue weighted by Gasteiger charge is 2.36. The van der Waals surface area contributed by atoms with Gasteiger partial charge in [-0.1, -0.05) is 32.1 Å². The van der Waals surface area contributed by atoms with E-state index in [1.165, 1.54) is 38.5 Å². The Labute approximate surface area is 182 Å². The van der Waals surface area contributed by atoms with E-state index in [1.54, 1.807) is 0 Å². The van der Waals surface area contributed by atoms with Gasteiger partial charge in [0, 0.05) is 19.1 Å². The number of hydrogen-bond donors (Lipinski definition) is 3. The van der Waals surface area contributed by atoms with Crippen LogP contribution in [0.3, 0.4) is 0 Å². The van der Waals surface area contributed by atoms with Crippen molar-refractivity contribution in [3.05, 3.63) is 0 Å². The van der Waals surface area contributed by atoms with E-state index < -0.39 is 18.4 Å². The first kappa shape index (κ1) is 24.4. The molecule has 0 spiro atoms. The molecule has 3 N–H and O–H groups in total. The molecule has 1 saturated heterocycles. The molecule has 3 rings (SSSR count). The molecule has 3 fully saturated rings. The number of unbranched alkanes of at least 4 members (excludes halogenated alkanes) is 2. The first-order valence-electron chi connectivity index (χ1n) is 12.5. The first-order valence-corrected chi connectivity index (χ1v) is 12.5. The summed E-state index contributed by atoms with van der Waals surface area (Å²) in [5.74, 6) is 1.46. The molecule has 0 amide bonds. The number of hydrogen-bond acceptors (Lipinski definition) is 5. The third kappa shape index (κ3) is 6.86. The summed E-state index contributed by atoms with van der Waals surface area (Å²) in [5.41, 5.74) is 0. The van der Waals surface area contributed by atoms with Crippen LogP contribution in [0.2, 0.25) is 0 Å². The maximum Gasteiger partial charge on any atom is 0.105 e. The molecule has 0 aromatic heterocycles. The van der Waals surface area contributed by atoms with Crippen LogP contribution < -0.4 is 0 Å². The first-order chi connectivity index (χ1) is 14.6. The number of halogens is 1. The lowest BCUT2D eigenvalue weighted by Crippen LogP contribution is -2.56. The summed E-state index contributed by atoms with van der Waals surface area (Å²) < 4.78 is 20.5. The number of ether oxygens (including phenoxy) is 1. The van der Waals surface area contributed by atoms with Crippen molar-refractivity contribution < 1.29 is 24.4 Å². The molecular weight excluding hydrogens is 385 g/mol. The summed E-state index contributed by atoms with van der Waals surface area (Å²) in [5, 5.41) is 29.2. The predicted molar refractivity (Wildman–Crippen MR) is 116 cm³/mol. The fourth-order valence-electron chi connectivity index (χ4n) is 5.97. The largest absolute Gasteiger partial charge is 0.395 e. The molecule has 1 aliphatic heterocycles. The minimum absolute atomic E-state index is 0.0800. The van der Waals surface area contributed by atoms with E-state index in [1.807, 2.05) is 0 Å². The van der Waals surface area contributed by atoms with Gasteiger partial charge >= 0.3 is 0 Å². The Hall–Kier alpha value is -0.270. The average Bonchev–Trinajstić information content (AvgIpc) is 2.77. The average molecular weight is 430 g/mol. The van der Waals surface area contributed by atoms with E-state index in [-0.39, 0.29) is 18.6 Å². The lowest BCUT2D eigenvalue weighted by Gasteiger charge is -2.40. The number of aliphatic hydroxyl groups is 3. The van der Waals surface area contributed by atoms with Crippen molar-refractivity contribution in [3.8, 4) is 0 Å². The molecule has 2 aliphatic carbocycles. The molecule has 2 saturated carbocycles. The van der Waals surface area contributed by atoms with Crippen molar-refractivity contribution in [2.75, 3.05) is 32.9 Å². The number of likely N-dealkylation sites (tertiary alicyclic amines) is 1. The predicted octanol–water partition coefficient (Wildman–Crippen LogP) is 3.30. The minimum Gasteiger partial charge on any atom is -0.395 e. The molecule has 6 atom stereocenters. The summed E-state index contributed by atoms with van der Waals surface area (Å²) in [7, 11) is 0. The molecule has 5 nitrogen and oxygen atoms in total. The van der Waals surface area contributed by atoms with Crippen LogP contribution in [0.25, 0.3) is 0 Å². The zero-order valence-corrected chi connectivity index (χ0v) is 18.6. The zero-order chi connectivity index (χ0) is 21.3. The van der Waals surface area contributed by atoms with Gasteiger partial charge in [-0.2, -0.15) is 0 Å². The SMILES string of the molecule is OCC1C(O)C(O)CCN1CCCCCOCC1CCC(C2CCCCC2)CC1F. The van der Waals surface area contributed by atoms with Crippen LogP contribution in [0.4, 0.5) is 4.39 Å². The van der Waals surface area contributed by atoms with Gasteiger partial charge in [0.1, 0.15) is 6.17 Å². The second kappa shape index (κ2) is 12.7. The maximum atomic E-state index is 14.7. The van der Waals surface area contributed by atoms with Gasteiger partial charge in [-0.25, -0.2) is 4.39 Å². The normalized spacial score (nSPS) is 36.8. The highest BCUT2D eigenvalue weighted by atomic mass is 19.1. The molecule has 0 radical (unpaired) electrons. The zero-order valence-electron chi connectivity index (χ0n) is 18.6. The van der Waals surface area contributed by atoms with Crippen LogP contribution in [0, 0.1) is 17.8 Å². The Kier molecular flexibility index (Phi) is 10.3. The van der Waals surface area contributed by atoms with Gasteiger partial charge in [0.15, 0.2) is 0 Å².